The Hall–Kier alpha value is -1.64. The molecule has 10 heteroatoms. The number of nitrogens with zero attached hydrogens (tertiary/aromatic N) is 1. The molecular weight excluding hydrogens is 449 g/mol. The average molecular weight is 491 g/mol. The van der Waals surface area contributed by atoms with Crippen molar-refractivity contribution < 1.29 is 42.4 Å². The Morgan fingerprint density at radius 3 is 2.12 bits per heavy atom. The number of hydrogen-bond donors (Lipinski definition) is 2. The predicted octanol–water partition coefficient (Wildman–Crippen LogP) is 4.49. The van der Waals surface area contributed by atoms with Gasteiger partial charge < -0.3 is 24.0 Å². The molecule has 1 rings (SSSR count). The minimum atomic E-state index is -4.33. The topological polar surface area (TPSA) is 112 Å². The van der Waals surface area contributed by atoms with E-state index in [0.717, 1.165) is 43.6 Å². The largest absolute Gasteiger partial charge is 0.493 e. The minimum Gasteiger partial charge on any atom is -0.493 e. The van der Waals surface area contributed by atoms with E-state index in [4.69, 9.17) is 23.6 Å². The predicted molar refractivity (Wildman–Crippen MR) is 127 cm³/mol. The first-order chi connectivity index (χ1) is 15.5. The van der Waals surface area contributed by atoms with Crippen LogP contribution in [0.1, 0.15) is 51.9 Å². The number of carbonyl (C=O) groups is 1. The van der Waals surface area contributed by atoms with Crippen molar-refractivity contribution in [2.45, 2.75) is 58.0 Å². The van der Waals surface area contributed by atoms with E-state index in [-0.39, 0.29) is 19.6 Å². The van der Waals surface area contributed by atoms with Gasteiger partial charge in [0.2, 0.25) is 0 Å². The van der Waals surface area contributed by atoms with Crippen molar-refractivity contribution in [1.82, 2.24) is 0 Å². The van der Waals surface area contributed by atoms with E-state index >= 15 is 0 Å². The van der Waals surface area contributed by atoms with Crippen molar-refractivity contribution in [3.63, 3.8) is 0 Å². The van der Waals surface area contributed by atoms with Crippen LogP contribution in [-0.4, -0.2) is 74.1 Å². The quantitative estimate of drug-likeness (QED) is 0.166. The molecule has 0 spiro atoms. The lowest BCUT2D eigenvalue weighted by atomic mass is 10.2. The third-order valence-electron chi connectivity index (χ3n) is 4.57. The monoisotopic (exact) mass is 490 g/mol. The highest BCUT2D eigenvalue weighted by molar-refractivity contribution is 7.47. The molecule has 0 heterocycles. The van der Waals surface area contributed by atoms with Gasteiger partial charge >= 0.3 is 13.8 Å². The fourth-order valence-electron chi connectivity index (χ4n) is 3.11. The van der Waals surface area contributed by atoms with Gasteiger partial charge in [-0.05, 0) is 37.8 Å². The Bertz CT molecular complexity index is 737. The summed E-state index contributed by atoms with van der Waals surface area (Å²) >= 11 is 0. The molecule has 0 aromatic heterocycles. The summed E-state index contributed by atoms with van der Waals surface area (Å²) in [5.74, 6) is 0.443. The second kappa shape index (κ2) is 15.3. The van der Waals surface area contributed by atoms with Gasteiger partial charge in [-0.15, -0.1) is 0 Å². The Kier molecular flexibility index (Phi) is 13.6. The van der Waals surface area contributed by atoms with E-state index in [1.54, 1.807) is 0 Å². The zero-order valence-corrected chi connectivity index (χ0v) is 21.3. The van der Waals surface area contributed by atoms with Crippen molar-refractivity contribution >= 4 is 13.8 Å². The summed E-state index contributed by atoms with van der Waals surface area (Å²) in [6.07, 6.45) is 4.10. The molecule has 0 fully saturated rings. The van der Waals surface area contributed by atoms with Crippen LogP contribution in [0, 0.1) is 0 Å². The fraction of sp³-hybridized carbons (Fsp3) is 0.696. The number of phosphoric acid groups is 1. The van der Waals surface area contributed by atoms with Crippen molar-refractivity contribution in [1.29, 1.82) is 0 Å². The molecule has 0 aliphatic heterocycles. The maximum Gasteiger partial charge on any atom is 0.472 e. The van der Waals surface area contributed by atoms with E-state index in [1.807, 2.05) is 45.4 Å². The first-order valence-corrected chi connectivity index (χ1v) is 13.0. The lowest BCUT2D eigenvalue weighted by Gasteiger charge is -2.29. The van der Waals surface area contributed by atoms with Crippen LogP contribution in [0.15, 0.2) is 24.3 Å². The minimum absolute atomic E-state index is 0.0407. The summed E-state index contributed by atoms with van der Waals surface area (Å²) < 4.78 is 34.2. The third kappa shape index (κ3) is 15.8. The molecule has 0 radical (unpaired) electrons. The maximum absolute atomic E-state index is 12.2. The van der Waals surface area contributed by atoms with Crippen molar-refractivity contribution in [2.75, 3.05) is 47.5 Å². The lowest BCUT2D eigenvalue weighted by molar-refractivity contribution is -0.873. The molecule has 0 saturated carbocycles. The average Bonchev–Trinajstić information content (AvgIpc) is 2.68. The van der Waals surface area contributed by atoms with Gasteiger partial charge in [-0.1, -0.05) is 25.8 Å². The van der Waals surface area contributed by atoms with Gasteiger partial charge in [0.25, 0.3) is 0 Å². The van der Waals surface area contributed by atoms with Gasteiger partial charge in [-0.3, -0.25) is 13.8 Å². The SMILES string of the molecule is CCCCCOc1cccc(OCCCCCOP(=O)(O)O[C@H](CC(=O)O)C[N+](C)(C)C)c1. The van der Waals surface area contributed by atoms with Crippen LogP contribution in [0.5, 0.6) is 11.5 Å². The van der Waals surface area contributed by atoms with Gasteiger partial charge in [0.05, 0.1) is 47.4 Å². The van der Waals surface area contributed by atoms with Crippen LogP contribution in [-0.2, 0) is 18.4 Å². The Labute approximate surface area is 197 Å². The van der Waals surface area contributed by atoms with Crippen LogP contribution in [0.25, 0.3) is 0 Å². The molecule has 2 atom stereocenters. The lowest BCUT2D eigenvalue weighted by Crippen LogP contribution is -2.42. The van der Waals surface area contributed by atoms with Gasteiger partial charge in [0.15, 0.2) is 0 Å². The molecule has 9 nitrogen and oxygen atoms in total. The molecule has 0 bridgehead atoms. The van der Waals surface area contributed by atoms with E-state index in [1.165, 1.54) is 0 Å². The summed E-state index contributed by atoms with van der Waals surface area (Å²) in [5, 5.41) is 9.01. The Morgan fingerprint density at radius 2 is 1.58 bits per heavy atom. The molecule has 33 heavy (non-hydrogen) atoms. The highest BCUT2D eigenvalue weighted by Gasteiger charge is 2.31. The van der Waals surface area contributed by atoms with Crippen molar-refractivity contribution in [3.8, 4) is 11.5 Å². The number of rotatable bonds is 19. The summed E-state index contributed by atoms with van der Waals surface area (Å²) in [5.41, 5.74) is 0. The second-order valence-electron chi connectivity index (χ2n) is 9.04. The molecule has 0 aliphatic rings. The number of carboxylic acid groups (broad SMARTS) is 1. The molecule has 0 saturated heterocycles. The van der Waals surface area contributed by atoms with Crippen LogP contribution in [0.4, 0.5) is 0 Å². The Morgan fingerprint density at radius 1 is 1.00 bits per heavy atom. The summed E-state index contributed by atoms with van der Waals surface area (Å²) in [6.45, 7) is 3.67. The highest BCUT2D eigenvalue weighted by Crippen LogP contribution is 2.45. The normalized spacial score (nSPS) is 14.5. The molecule has 1 aromatic carbocycles. The van der Waals surface area contributed by atoms with Gasteiger partial charge in [0, 0.05) is 6.07 Å². The Balaban J connectivity index is 2.27. The standard InChI is InChI=1S/C23H40NO8P/c1-5-6-8-14-29-20-12-11-13-21(17-20)30-15-9-7-10-16-31-33(27,28)32-22(18-23(25)26)19-24(2,3)4/h11-13,17,22H,5-10,14-16,18-19H2,1-4H3,(H-,25,26,27,28)/p+1/t22-/m1/s1. The number of unbranched alkanes of at least 4 members (excludes halogenated alkanes) is 4. The smallest absolute Gasteiger partial charge is 0.472 e. The number of ether oxygens (including phenoxy) is 2. The zero-order chi connectivity index (χ0) is 24.7. The van der Waals surface area contributed by atoms with E-state index in [0.29, 0.717) is 24.1 Å². The van der Waals surface area contributed by atoms with Crippen molar-refractivity contribution in [3.05, 3.63) is 24.3 Å². The molecule has 1 unspecified atom stereocenters. The van der Waals surface area contributed by atoms with Gasteiger partial charge in [0.1, 0.15) is 24.1 Å². The first-order valence-electron chi connectivity index (χ1n) is 11.5. The third-order valence-corrected chi connectivity index (χ3v) is 5.64. The number of quaternary nitrogens is 1. The molecule has 0 amide bonds. The number of carboxylic acids is 1. The maximum atomic E-state index is 12.2. The van der Waals surface area contributed by atoms with E-state index in [9.17, 15) is 14.3 Å². The molecule has 2 N–H and O–H groups in total. The van der Waals surface area contributed by atoms with Crippen LogP contribution >= 0.6 is 7.82 Å². The zero-order valence-electron chi connectivity index (χ0n) is 20.4. The summed E-state index contributed by atoms with van der Waals surface area (Å²) in [6, 6.07) is 7.56. The number of likely N-dealkylation sites (N-methyl/N-ethyl adjacent to an activating group) is 1. The fourth-order valence-corrected chi connectivity index (χ4v) is 4.04. The molecule has 0 aliphatic carbocycles. The molecular formula is C23H41NO8P+. The van der Waals surface area contributed by atoms with Crippen LogP contribution in [0.2, 0.25) is 0 Å². The summed E-state index contributed by atoms with van der Waals surface area (Å²) in [7, 11) is 1.21. The molecule has 190 valence electrons. The van der Waals surface area contributed by atoms with Gasteiger partial charge in [-0.25, -0.2) is 4.57 Å². The van der Waals surface area contributed by atoms with E-state index < -0.39 is 19.9 Å². The van der Waals surface area contributed by atoms with E-state index in [2.05, 4.69) is 6.92 Å². The number of benzene rings is 1. The number of aliphatic carboxylic acids is 1. The van der Waals surface area contributed by atoms with Crippen molar-refractivity contribution in [2.24, 2.45) is 0 Å². The van der Waals surface area contributed by atoms with Gasteiger partial charge in [-0.2, -0.15) is 0 Å². The second-order valence-corrected chi connectivity index (χ2v) is 10.4. The first kappa shape index (κ1) is 29.4. The number of phosphoric ester groups is 1. The van der Waals surface area contributed by atoms with Crippen LogP contribution in [0.3, 0.4) is 0 Å². The van der Waals surface area contributed by atoms with Crippen LogP contribution < -0.4 is 9.47 Å². The number of hydrogen-bond acceptors (Lipinski definition) is 6. The summed E-state index contributed by atoms with van der Waals surface area (Å²) in [4.78, 5) is 21.0. The molecule has 1 aromatic rings. The highest BCUT2D eigenvalue weighted by atomic mass is 31.2.